The average molecular weight is 290 g/mol. The predicted octanol–water partition coefficient (Wildman–Crippen LogP) is 4.11. The van der Waals surface area contributed by atoms with Crippen LogP contribution in [0.2, 0.25) is 10.0 Å². The normalized spacial score (nSPS) is 14.0. The van der Waals surface area contributed by atoms with Gasteiger partial charge in [0.1, 0.15) is 0 Å². The van der Waals surface area contributed by atoms with Gasteiger partial charge in [-0.3, -0.25) is 4.21 Å². The Morgan fingerprint density at radius 2 is 2.12 bits per heavy atom. The van der Waals surface area contributed by atoms with Crippen LogP contribution in [0.1, 0.15) is 30.6 Å². The van der Waals surface area contributed by atoms with Crippen molar-refractivity contribution in [3.05, 3.63) is 33.8 Å². The van der Waals surface area contributed by atoms with Gasteiger partial charge < -0.3 is 0 Å². The van der Waals surface area contributed by atoms with Gasteiger partial charge in [0.25, 0.3) is 0 Å². The van der Waals surface area contributed by atoms with E-state index in [2.05, 4.69) is 0 Å². The van der Waals surface area contributed by atoms with Crippen molar-refractivity contribution in [3.63, 3.8) is 0 Å². The second-order valence-corrected chi connectivity index (χ2v) is 6.35. The van der Waals surface area contributed by atoms with Gasteiger partial charge in [0, 0.05) is 23.0 Å². The number of nitriles is 1. The van der Waals surface area contributed by atoms with Crippen molar-refractivity contribution in [2.24, 2.45) is 0 Å². The van der Waals surface area contributed by atoms with E-state index < -0.39 is 10.8 Å². The Labute approximate surface area is 114 Å². The molecule has 0 amide bonds. The second kappa shape index (κ2) is 7.00. The number of rotatable bonds is 5. The maximum Gasteiger partial charge on any atom is 0.0622 e. The highest BCUT2D eigenvalue weighted by Crippen LogP contribution is 2.28. The van der Waals surface area contributed by atoms with Crippen LogP contribution in [0.4, 0.5) is 0 Å². The molecular weight excluding hydrogens is 277 g/mol. The van der Waals surface area contributed by atoms with Gasteiger partial charge in [0.2, 0.25) is 0 Å². The number of nitrogens with zero attached hydrogens (tertiary/aromatic N) is 1. The van der Waals surface area contributed by atoms with Gasteiger partial charge in [-0.25, -0.2) is 0 Å². The van der Waals surface area contributed by atoms with Gasteiger partial charge in [-0.05, 0) is 31.0 Å². The standard InChI is InChI=1S/C12H13Cl2NOS/c1-9(17(16)7-3-2-6-15)10-4-5-11(13)12(14)8-10/h4-5,8-9H,2-3,7H2,1H3/t9-,17+/m0/s1. The van der Waals surface area contributed by atoms with Crippen LogP contribution in [0.3, 0.4) is 0 Å². The maximum absolute atomic E-state index is 11.9. The minimum Gasteiger partial charge on any atom is -0.259 e. The molecule has 0 spiro atoms. The van der Waals surface area contributed by atoms with Crippen LogP contribution < -0.4 is 0 Å². The van der Waals surface area contributed by atoms with E-state index >= 15 is 0 Å². The molecule has 0 saturated carbocycles. The molecule has 5 heteroatoms. The molecule has 0 saturated heterocycles. The van der Waals surface area contributed by atoms with Gasteiger partial charge in [-0.15, -0.1) is 0 Å². The van der Waals surface area contributed by atoms with Gasteiger partial charge in [-0.2, -0.15) is 5.26 Å². The summed E-state index contributed by atoms with van der Waals surface area (Å²) in [6, 6.07) is 7.34. The summed E-state index contributed by atoms with van der Waals surface area (Å²) in [7, 11) is -0.985. The van der Waals surface area contributed by atoms with Crippen molar-refractivity contribution < 1.29 is 4.21 Å². The number of hydrogen-bond acceptors (Lipinski definition) is 2. The number of halogens is 2. The molecule has 2 atom stereocenters. The Balaban J connectivity index is 2.68. The molecule has 0 radical (unpaired) electrons. The fourth-order valence-electron chi connectivity index (χ4n) is 1.39. The summed E-state index contributed by atoms with van der Waals surface area (Å²) in [5.74, 6) is 0.537. The quantitative estimate of drug-likeness (QED) is 0.766. The third-order valence-corrected chi connectivity index (χ3v) is 4.93. The Bertz CT molecular complexity index is 456. The van der Waals surface area contributed by atoms with E-state index in [-0.39, 0.29) is 5.25 Å². The molecule has 0 aromatic heterocycles. The Hall–Kier alpha value is -0.560. The second-order valence-electron chi connectivity index (χ2n) is 3.66. The summed E-state index contributed by atoms with van der Waals surface area (Å²) in [5.41, 5.74) is 0.912. The topological polar surface area (TPSA) is 40.9 Å². The van der Waals surface area contributed by atoms with Crippen LogP contribution in [-0.2, 0) is 10.8 Å². The minimum atomic E-state index is -0.985. The number of benzene rings is 1. The monoisotopic (exact) mass is 289 g/mol. The summed E-state index contributed by atoms with van der Waals surface area (Å²) in [6.07, 6.45) is 1.11. The van der Waals surface area contributed by atoms with Crippen molar-refractivity contribution in [1.29, 1.82) is 5.26 Å². The van der Waals surface area contributed by atoms with Crippen molar-refractivity contribution >= 4 is 34.0 Å². The van der Waals surface area contributed by atoms with Crippen molar-refractivity contribution in [2.75, 3.05) is 5.75 Å². The summed E-state index contributed by atoms with van der Waals surface area (Å²) < 4.78 is 11.9. The molecular formula is C12H13Cl2NOS. The van der Waals surface area contributed by atoms with Gasteiger partial charge >= 0.3 is 0 Å². The molecule has 92 valence electrons. The first-order chi connectivity index (χ1) is 8.06. The molecule has 0 aliphatic heterocycles. The van der Waals surface area contributed by atoms with Gasteiger partial charge in [0.15, 0.2) is 0 Å². The molecule has 0 bridgehead atoms. The van der Waals surface area contributed by atoms with Gasteiger partial charge in [0.05, 0.1) is 21.4 Å². The highest BCUT2D eigenvalue weighted by Gasteiger charge is 2.14. The van der Waals surface area contributed by atoms with Crippen LogP contribution in [0.5, 0.6) is 0 Å². The van der Waals surface area contributed by atoms with E-state index in [9.17, 15) is 4.21 Å². The smallest absolute Gasteiger partial charge is 0.0622 e. The molecule has 17 heavy (non-hydrogen) atoms. The molecule has 0 unspecified atom stereocenters. The summed E-state index contributed by atoms with van der Waals surface area (Å²) >= 11 is 11.7. The molecule has 0 N–H and O–H groups in total. The lowest BCUT2D eigenvalue weighted by molar-refractivity contribution is 0.673. The minimum absolute atomic E-state index is 0.0940. The average Bonchev–Trinajstić information content (AvgIpc) is 2.32. The summed E-state index contributed by atoms with van der Waals surface area (Å²) in [6.45, 7) is 1.89. The summed E-state index contributed by atoms with van der Waals surface area (Å²) in [5, 5.41) is 9.30. The van der Waals surface area contributed by atoms with E-state index in [1.54, 1.807) is 12.1 Å². The highest BCUT2D eigenvalue weighted by molar-refractivity contribution is 7.85. The van der Waals surface area contributed by atoms with Crippen LogP contribution in [0.15, 0.2) is 18.2 Å². The zero-order chi connectivity index (χ0) is 12.8. The Kier molecular flexibility index (Phi) is 5.97. The number of unbranched alkanes of at least 4 members (excludes halogenated alkanes) is 1. The van der Waals surface area contributed by atoms with Crippen molar-refractivity contribution in [1.82, 2.24) is 0 Å². The molecule has 0 fully saturated rings. The first-order valence-electron chi connectivity index (χ1n) is 5.25. The van der Waals surface area contributed by atoms with E-state index in [1.807, 2.05) is 19.1 Å². The lowest BCUT2D eigenvalue weighted by Gasteiger charge is -2.12. The van der Waals surface area contributed by atoms with Crippen molar-refractivity contribution in [3.8, 4) is 6.07 Å². The Morgan fingerprint density at radius 3 is 2.71 bits per heavy atom. The third kappa shape index (κ3) is 4.31. The van der Waals surface area contributed by atoms with E-state index in [4.69, 9.17) is 28.5 Å². The fraction of sp³-hybridized carbons (Fsp3) is 0.417. The maximum atomic E-state index is 11.9. The van der Waals surface area contributed by atoms with Gasteiger partial charge in [-0.1, -0.05) is 29.3 Å². The largest absolute Gasteiger partial charge is 0.259 e. The van der Waals surface area contributed by atoms with Crippen LogP contribution in [-0.4, -0.2) is 9.96 Å². The van der Waals surface area contributed by atoms with E-state index in [1.165, 1.54) is 0 Å². The molecule has 1 aromatic carbocycles. The molecule has 1 aromatic rings. The van der Waals surface area contributed by atoms with E-state index in [0.717, 1.165) is 5.56 Å². The van der Waals surface area contributed by atoms with Crippen LogP contribution in [0.25, 0.3) is 0 Å². The molecule has 1 rings (SSSR count). The Morgan fingerprint density at radius 1 is 1.41 bits per heavy atom. The first-order valence-corrected chi connectivity index (χ1v) is 7.39. The fourth-order valence-corrected chi connectivity index (χ4v) is 2.93. The van der Waals surface area contributed by atoms with E-state index in [0.29, 0.717) is 28.6 Å². The predicted molar refractivity (Wildman–Crippen MR) is 72.7 cm³/mol. The SMILES string of the molecule is C[C@@H](c1ccc(Cl)c(Cl)c1)[S@](=O)CCCC#N. The zero-order valence-corrected chi connectivity index (χ0v) is 11.8. The third-order valence-electron chi connectivity index (χ3n) is 2.44. The molecule has 0 aliphatic rings. The number of hydrogen-bond donors (Lipinski definition) is 0. The zero-order valence-electron chi connectivity index (χ0n) is 9.45. The first kappa shape index (κ1) is 14.5. The van der Waals surface area contributed by atoms with Crippen molar-refractivity contribution in [2.45, 2.75) is 25.0 Å². The lowest BCUT2D eigenvalue weighted by atomic mass is 10.2. The molecule has 0 heterocycles. The molecule has 2 nitrogen and oxygen atoms in total. The summed E-state index contributed by atoms with van der Waals surface area (Å²) in [4.78, 5) is 0. The van der Waals surface area contributed by atoms with Crippen LogP contribution >= 0.6 is 23.2 Å². The molecule has 0 aliphatic carbocycles. The highest BCUT2D eigenvalue weighted by atomic mass is 35.5. The van der Waals surface area contributed by atoms with Crippen LogP contribution in [0, 0.1) is 11.3 Å². The lowest BCUT2D eigenvalue weighted by Crippen LogP contribution is -2.06.